The molecule has 10 heteroatoms. The zero-order chi connectivity index (χ0) is 24.5. The Morgan fingerprint density at radius 2 is 1.65 bits per heavy atom. The number of hydrogen-bond donors (Lipinski definition) is 2. The first-order valence-electron chi connectivity index (χ1n) is 9.96. The second-order valence-corrected chi connectivity index (χ2v) is 7.38. The molecule has 0 fully saturated rings. The van der Waals surface area contributed by atoms with Gasteiger partial charge in [-0.05, 0) is 59.7 Å². The summed E-state index contributed by atoms with van der Waals surface area (Å²) in [5, 5.41) is 6.62. The third-order valence-electron chi connectivity index (χ3n) is 4.41. The highest BCUT2D eigenvalue weighted by Crippen LogP contribution is 2.36. The highest BCUT2D eigenvalue weighted by molar-refractivity contribution is 6.32. The molecule has 34 heavy (non-hydrogen) atoms. The highest BCUT2D eigenvalue weighted by Gasteiger charge is 2.14. The number of ether oxygens (including phenoxy) is 2. The van der Waals surface area contributed by atoms with Gasteiger partial charge >= 0.3 is 0 Å². The molecule has 0 spiro atoms. The summed E-state index contributed by atoms with van der Waals surface area (Å²) in [6, 6.07) is 14.0. The van der Waals surface area contributed by atoms with E-state index in [-0.39, 0.29) is 41.3 Å². The molecule has 7 nitrogen and oxygen atoms in total. The van der Waals surface area contributed by atoms with Gasteiger partial charge in [-0.25, -0.2) is 14.2 Å². The molecule has 0 aliphatic heterocycles. The van der Waals surface area contributed by atoms with E-state index in [0.29, 0.717) is 16.8 Å². The van der Waals surface area contributed by atoms with Crippen LogP contribution in [0.4, 0.5) is 14.5 Å². The predicted octanol–water partition coefficient (Wildman–Crippen LogP) is 4.34. The minimum atomic E-state index is -0.473. The van der Waals surface area contributed by atoms with Crippen LogP contribution in [-0.2, 0) is 16.0 Å². The molecule has 2 N–H and O–H groups in total. The standard InChI is InChI=1S/C24H20ClF2N3O4/c1-33-21-11-16(13-28-30-22(31)12-15-2-4-17(26)5-3-15)10-20(25)24(21)34-14-23(32)29-19-8-6-18(27)7-9-19/h2-11,13H,12,14H2,1H3,(H,29,32)(H,30,31)/b28-13+. The van der Waals surface area contributed by atoms with Crippen LogP contribution in [0.15, 0.2) is 65.8 Å². The number of carbonyl (C=O) groups excluding carboxylic acids is 2. The third kappa shape index (κ3) is 7.28. The van der Waals surface area contributed by atoms with E-state index < -0.39 is 11.7 Å². The highest BCUT2D eigenvalue weighted by atomic mass is 35.5. The number of amides is 2. The average molecular weight is 488 g/mol. The van der Waals surface area contributed by atoms with Crippen molar-refractivity contribution in [2.45, 2.75) is 6.42 Å². The number of nitrogens with zero attached hydrogens (tertiary/aromatic N) is 1. The molecule has 176 valence electrons. The van der Waals surface area contributed by atoms with Crippen molar-refractivity contribution in [3.8, 4) is 11.5 Å². The quantitative estimate of drug-likeness (QED) is 0.347. The molecule has 0 aliphatic carbocycles. The lowest BCUT2D eigenvalue weighted by atomic mass is 10.1. The Labute approximate surface area is 199 Å². The van der Waals surface area contributed by atoms with Crippen LogP contribution in [0.1, 0.15) is 11.1 Å². The maximum Gasteiger partial charge on any atom is 0.262 e. The van der Waals surface area contributed by atoms with E-state index in [1.54, 1.807) is 6.07 Å². The number of anilines is 1. The van der Waals surface area contributed by atoms with E-state index in [9.17, 15) is 18.4 Å². The molecule has 0 atom stereocenters. The first-order valence-corrected chi connectivity index (χ1v) is 10.3. The monoisotopic (exact) mass is 487 g/mol. The molecule has 0 aliphatic rings. The van der Waals surface area contributed by atoms with Crippen LogP contribution >= 0.6 is 11.6 Å². The number of halogens is 3. The van der Waals surface area contributed by atoms with Crippen LogP contribution in [-0.4, -0.2) is 31.7 Å². The first kappa shape index (κ1) is 24.7. The van der Waals surface area contributed by atoms with E-state index in [1.165, 1.54) is 67.9 Å². The maximum atomic E-state index is 13.0. The number of rotatable bonds is 9. The zero-order valence-electron chi connectivity index (χ0n) is 18.0. The number of nitrogens with one attached hydrogen (secondary N) is 2. The summed E-state index contributed by atoms with van der Waals surface area (Å²) in [6.07, 6.45) is 1.40. The van der Waals surface area contributed by atoms with Gasteiger partial charge in [0.15, 0.2) is 18.1 Å². The van der Waals surface area contributed by atoms with E-state index in [1.807, 2.05) is 0 Å². The van der Waals surface area contributed by atoms with Crippen LogP contribution in [0.25, 0.3) is 0 Å². The van der Waals surface area contributed by atoms with Gasteiger partial charge in [-0.2, -0.15) is 5.10 Å². The summed E-state index contributed by atoms with van der Waals surface area (Å²) in [5.41, 5.74) is 3.94. The lowest BCUT2D eigenvalue weighted by molar-refractivity contribution is -0.120. The smallest absolute Gasteiger partial charge is 0.262 e. The molecule has 0 heterocycles. The Kier molecular flexibility index (Phi) is 8.53. The Morgan fingerprint density at radius 1 is 1.00 bits per heavy atom. The molecule has 0 saturated heterocycles. The topological polar surface area (TPSA) is 89.0 Å². The third-order valence-corrected chi connectivity index (χ3v) is 4.69. The van der Waals surface area contributed by atoms with Crippen LogP contribution in [0.2, 0.25) is 5.02 Å². The molecule has 0 saturated carbocycles. The van der Waals surface area contributed by atoms with Crippen LogP contribution in [0.5, 0.6) is 11.5 Å². The van der Waals surface area contributed by atoms with Gasteiger partial charge < -0.3 is 14.8 Å². The molecule has 3 aromatic rings. The number of methoxy groups -OCH3 is 1. The molecule has 0 radical (unpaired) electrons. The number of benzene rings is 3. The van der Waals surface area contributed by atoms with Gasteiger partial charge in [-0.1, -0.05) is 23.7 Å². The molecule has 0 bridgehead atoms. The first-order chi connectivity index (χ1) is 16.3. The van der Waals surface area contributed by atoms with Gasteiger partial charge in [-0.3, -0.25) is 9.59 Å². The van der Waals surface area contributed by atoms with Gasteiger partial charge in [0.25, 0.3) is 5.91 Å². The van der Waals surface area contributed by atoms with Crippen molar-refractivity contribution in [3.63, 3.8) is 0 Å². The fraction of sp³-hybridized carbons (Fsp3) is 0.125. The second-order valence-electron chi connectivity index (χ2n) is 6.97. The molecule has 3 aromatic carbocycles. The van der Waals surface area contributed by atoms with Gasteiger partial charge in [0.1, 0.15) is 11.6 Å². The lowest BCUT2D eigenvalue weighted by Gasteiger charge is -2.13. The fourth-order valence-corrected chi connectivity index (χ4v) is 3.10. The van der Waals surface area contributed by atoms with Crippen molar-refractivity contribution >= 4 is 35.3 Å². The summed E-state index contributed by atoms with van der Waals surface area (Å²) >= 11 is 6.28. The van der Waals surface area contributed by atoms with E-state index in [4.69, 9.17) is 21.1 Å². The second kappa shape index (κ2) is 11.8. The van der Waals surface area contributed by atoms with Crippen molar-refractivity contribution < 1.29 is 27.8 Å². The molecular formula is C24H20ClF2N3O4. The van der Waals surface area contributed by atoms with Crippen molar-refractivity contribution in [1.29, 1.82) is 0 Å². The predicted molar refractivity (Wildman–Crippen MR) is 124 cm³/mol. The SMILES string of the molecule is COc1cc(/C=N/NC(=O)Cc2ccc(F)cc2)cc(Cl)c1OCC(=O)Nc1ccc(F)cc1. The summed E-state index contributed by atoms with van der Waals surface area (Å²) in [6.45, 7) is -0.361. The lowest BCUT2D eigenvalue weighted by Crippen LogP contribution is -2.20. The molecule has 3 rings (SSSR count). The Morgan fingerprint density at radius 3 is 2.29 bits per heavy atom. The number of carbonyl (C=O) groups is 2. The van der Waals surface area contributed by atoms with Crippen molar-refractivity contribution in [1.82, 2.24) is 5.43 Å². The fourth-order valence-electron chi connectivity index (χ4n) is 2.83. The molecule has 0 aromatic heterocycles. The summed E-state index contributed by atoms with van der Waals surface area (Å²) in [5.74, 6) is -1.25. The van der Waals surface area contributed by atoms with Crippen LogP contribution in [0.3, 0.4) is 0 Å². The molecule has 0 unspecified atom stereocenters. The van der Waals surface area contributed by atoms with E-state index in [0.717, 1.165) is 0 Å². The summed E-state index contributed by atoms with van der Waals surface area (Å²) < 4.78 is 36.7. The normalized spacial score (nSPS) is 10.7. The average Bonchev–Trinajstić information content (AvgIpc) is 2.81. The Bertz CT molecular complexity index is 1190. The van der Waals surface area contributed by atoms with E-state index >= 15 is 0 Å². The minimum absolute atomic E-state index is 0.0362. The van der Waals surface area contributed by atoms with Gasteiger partial charge in [-0.15, -0.1) is 0 Å². The van der Waals surface area contributed by atoms with Crippen LogP contribution < -0.4 is 20.2 Å². The van der Waals surface area contributed by atoms with E-state index in [2.05, 4.69) is 15.8 Å². The minimum Gasteiger partial charge on any atom is -0.493 e. The molecule has 2 amide bonds. The number of hydrazone groups is 1. The Balaban J connectivity index is 1.57. The van der Waals surface area contributed by atoms with Gasteiger partial charge in [0.05, 0.1) is 24.8 Å². The maximum absolute atomic E-state index is 13.0. The number of hydrogen-bond acceptors (Lipinski definition) is 5. The van der Waals surface area contributed by atoms with Crippen molar-refractivity contribution in [2.24, 2.45) is 5.10 Å². The zero-order valence-corrected chi connectivity index (χ0v) is 18.7. The van der Waals surface area contributed by atoms with Crippen LogP contribution in [0, 0.1) is 11.6 Å². The van der Waals surface area contributed by atoms with Crippen molar-refractivity contribution in [2.75, 3.05) is 19.0 Å². The summed E-state index contributed by atoms with van der Waals surface area (Å²) in [4.78, 5) is 24.1. The molecular weight excluding hydrogens is 468 g/mol. The summed E-state index contributed by atoms with van der Waals surface area (Å²) in [7, 11) is 1.41. The largest absolute Gasteiger partial charge is 0.493 e. The van der Waals surface area contributed by atoms with Gasteiger partial charge in [0.2, 0.25) is 5.91 Å². The van der Waals surface area contributed by atoms with Gasteiger partial charge in [0, 0.05) is 5.69 Å². The van der Waals surface area contributed by atoms with Crippen molar-refractivity contribution in [3.05, 3.63) is 88.4 Å². The Hall–Kier alpha value is -3.98.